The lowest BCUT2D eigenvalue weighted by Gasteiger charge is -2.06. The van der Waals surface area contributed by atoms with Crippen LogP contribution in [0.25, 0.3) is 0 Å². The van der Waals surface area contributed by atoms with Gasteiger partial charge in [-0.25, -0.2) is 0 Å². The van der Waals surface area contributed by atoms with Crippen molar-refractivity contribution in [3.8, 4) is 0 Å². The molecule has 0 saturated carbocycles. The van der Waals surface area contributed by atoms with Crippen LogP contribution >= 0.6 is 0 Å². The minimum Gasteiger partial charge on any atom is -0.399 e. The molecule has 0 aliphatic carbocycles. The summed E-state index contributed by atoms with van der Waals surface area (Å²) in [4.78, 5) is 0. The second-order valence-corrected chi connectivity index (χ2v) is 2.66. The van der Waals surface area contributed by atoms with Gasteiger partial charge in [0.2, 0.25) is 0 Å². The molecule has 1 rings (SSSR count). The molecule has 0 amide bonds. The SMILES string of the molecule is CNCc1cccc(N)c1C. The molecule has 60 valence electrons. The van der Waals surface area contributed by atoms with Crippen LogP contribution in [0.4, 0.5) is 5.69 Å². The maximum atomic E-state index is 5.72. The van der Waals surface area contributed by atoms with Gasteiger partial charge >= 0.3 is 0 Å². The molecule has 0 unspecified atom stereocenters. The molecule has 1 aromatic carbocycles. The van der Waals surface area contributed by atoms with Crippen molar-refractivity contribution in [2.24, 2.45) is 0 Å². The summed E-state index contributed by atoms with van der Waals surface area (Å²) >= 11 is 0. The molecule has 0 fully saturated rings. The topological polar surface area (TPSA) is 38.0 Å². The van der Waals surface area contributed by atoms with Gasteiger partial charge in [-0.15, -0.1) is 0 Å². The predicted molar refractivity (Wildman–Crippen MR) is 48.4 cm³/mol. The number of benzene rings is 1. The lowest BCUT2D eigenvalue weighted by molar-refractivity contribution is 0.813. The van der Waals surface area contributed by atoms with E-state index in [1.807, 2.05) is 26.1 Å². The summed E-state index contributed by atoms with van der Waals surface area (Å²) in [6.07, 6.45) is 0. The quantitative estimate of drug-likeness (QED) is 0.623. The average Bonchev–Trinajstić information content (AvgIpc) is 1.99. The van der Waals surface area contributed by atoms with Gasteiger partial charge in [0.15, 0.2) is 0 Å². The first-order chi connectivity index (χ1) is 5.25. The van der Waals surface area contributed by atoms with Crippen molar-refractivity contribution in [2.45, 2.75) is 13.5 Å². The third-order valence-corrected chi connectivity index (χ3v) is 1.86. The summed E-state index contributed by atoms with van der Waals surface area (Å²) in [7, 11) is 1.93. The van der Waals surface area contributed by atoms with E-state index in [1.54, 1.807) is 0 Å². The molecule has 1 aromatic rings. The van der Waals surface area contributed by atoms with Crippen molar-refractivity contribution in [1.29, 1.82) is 0 Å². The largest absolute Gasteiger partial charge is 0.399 e. The van der Waals surface area contributed by atoms with E-state index in [0.717, 1.165) is 12.2 Å². The Morgan fingerprint density at radius 1 is 1.45 bits per heavy atom. The predicted octanol–water partition coefficient (Wildman–Crippen LogP) is 1.30. The Labute approximate surface area is 67.4 Å². The monoisotopic (exact) mass is 150 g/mol. The third-order valence-electron chi connectivity index (χ3n) is 1.86. The van der Waals surface area contributed by atoms with E-state index in [-0.39, 0.29) is 0 Å². The number of hydrogen-bond donors (Lipinski definition) is 2. The summed E-state index contributed by atoms with van der Waals surface area (Å²) in [5.41, 5.74) is 9.05. The normalized spacial score (nSPS) is 10.0. The van der Waals surface area contributed by atoms with Crippen molar-refractivity contribution in [1.82, 2.24) is 5.32 Å². The number of nitrogens with two attached hydrogens (primary N) is 1. The Balaban J connectivity index is 2.96. The lowest BCUT2D eigenvalue weighted by atomic mass is 10.1. The number of nitrogen functional groups attached to an aromatic ring is 1. The van der Waals surface area contributed by atoms with Gasteiger partial charge in [-0.05, 0) is 31.2 Å². The lowest BCUT2D eigenvalue weighted by Crippen LogP contribution is -2.07. The zero-order chi connectivity index (χ0) is 8.27. The Morgan fingerprint density at radius 3 is 2.82 bits per heavy atom. The first-order valence-corrected chi connectivity index (χ1v) is 3.74. The number of nitrogens with one attached hydrogen (secondary N) is 1. The first kappa shape index (κ1) is 8.08. The maximum Gasteiger partial charge on any atom is 0.0346 e. The van der Waals surface area contributed by atoms with Crippen LogP contribution in [0.3, 0.4) is 0 Å². The molecule has 0 radical (unpaired) electrons. The van der Waals surface area contributed by atoms with Gasteiger partial charge in [-0.2, -0.15) is 0 Å². The molecular formula is C9H14N2. The highest BCUT2D eigenvalue weighted by Gasteiger charge is 1.98. The van der Waals surface area contributed by atoms with Crippen LogP contribution in [-0.4, -0.2) is 7.05 Å². The van der Waals surface area contributed by atoms with Crippen molar-refractivity contribution >= 4 is 5.69 Å². The van der Waals surface area contributed by atoms with Gasteiger partial charge in [0.25, 0.3) is 0 Å². The number of anilines is 1. The smallest absolute Gasteiger partial charge is 0.0346 e. The minimum atomic E-state index is 0.873. The molecule has 0 saturated heterocycles. The summed E-state index contributed by atoms with van der Waals surface area (Å²) in [6.45, 7) is 2.93. The molecule has 0 heterocycles. The Bertz CT molecular complexity index is 243. The van der Waals surface area contributed by atoms with Crippen LogP contribution in [0.1, 0.15) is 11.1 Å². The molecule has 3 N–H and O–H groups in total. The fourth-order valence-electron chi connectivity index (χ4n) is 1.09. The van der Waals surface area contributed by atoms with Crippen LogP contribution in [0.5, 0.6) is 0 Å². The van der Waals surface area contributed by atoms with Gasteiger partial charge < -0.3 is 11.1 Å². The summed E-state index contributed by atoms with van der Waals surface area (Å²) < 4.78 is 0. The van der Waals surface area contributed by atoms with Crippen molar-refractivity contribution in [3.05, 3.63) is 29.3 Å². The van der Waals surface area contributed by atoms with Crippen LogP contribution in [-0.2, 0) is 6.54 Å². The van der Waals surface area contributed by atoms with Crippen LogP contribution < -0.4 is 11.1 Å². The molecule has 0 aliphatic heterocycles. The van der Waals surface area contributed by atoms with E-state index >= 15 is 0 Å². The number of hydrogen-bond acceptors (Lipinski definition) is 2. The van der Waals surface area contributed by atoms with Gasteiger partial charge in [0.05, 0.1) is 0 Å². The molecule has 11 heavy (non-hydrogen) atoms. The van der Waals surface area contributed by atoms with E-state index in [4.69, 9.17) is 5.73 Å². The highest BCUT2D eigenvalue weighted by molar-refractivity contribution is 5.49. The van der Waals surface area contributed by atoms with E-state index in [1.165, 1.54) is 11.1 Å². The fourth-order valence-corrected chi connectivity index (χ4v) is 1.09. The molecule has 0 atom stereocenters. The number of rotatable bonds is 2. The maximum absolute atomic E-state index is 5.72. The van der Waals surface area contributed by atoms with E-state index in [2.05, 4.69) is 11.4 Å². The average molecular weight is 150 g/mol. The van der Waals surface area contributed by atoms with Gasteiger partial charge in [0.1, 0.15) is 0 Å². The highest BCUT2D eigenvalue weighted by Crippen LogP contribution is 2.14. The Morgan fingerprint density at radius 2 is 2.18 bits per heavy atom. The molecule has 0 spiro atoms. The first-order valence-electron chi connectivity index (χ1n) is 3.74. The van der Waals surface area contributed by atoms with Gasteiger partial charge in [-0.3, -0.25) is 0 Å². The summed E-state index contributed by atoms with van der Waals surface area (Å²) in [6, 6.07) is 5.99. The van der Waals surface area contributed by atoms with Crippen LogP contribution in [0, 0.1) is 6.92 Å². The molecule has 2 nitrogen and oxygen atoms in total. The second-order valence-electron chi connectivity index (χ2n) is 2.66. The second kappa shape index (κ2) is 3.39. The van der Waals surface area contributed by atoms with Crippen molar-refractivity contribution in [2.75, 3.05) is 12.8 Å². The molecule has 2 heteroatoms. The highest BCUT2D eigenvalue weighted by atomic mass is 14.8. The van der Waals surface area contributed by atoms with E-state index in [0.29, 0.717) is 0 Å². The van der Waals surface area contributed by atoms with Crippen LogP contribution in [0.2, 0.25) is 0 Å². The van der Waals surface area contributed by atoms with E-state index in [9.17, 15) is 0 Å². The summed E-state index contributed by atoms with van der Waals surface area (Å²) in [5.74, 6) is 0. The van der Waals surface area contributed by atoms with Crippen molar-refractivity contribution < 1.29 is 0 Å². The molecular weight excluding hydrogens is 136 g/mol. The fraction of sp³-hybridized carbons (Fsp3) is 0.333. The third kappa shape index (κ3) is 1.71. The molecule has 0 bridgehead atoms. The Hall–Kier alpha value is -1.02. The zero-order valence-corrected chi connectivity index (χ0v) is 7.02. The zero-order valence-electron chi connectivity index (χ0n) is 7.02. The Kier molecular flexibility index (Phi) is 2.49. The van der Waals surface area contributed by atoms with Gasteiger partial charge in [-0.1, -0.05) is 12.1 Å². The molecule has 0 aromatic heterocycles. The summed E-state index contributed by atoms with van der Waals surface area (Å²) in [5, 5.41) is 3.10. The minimum absolute atomic E-state index is 0.873. The standard InChI is InChI=1S/C9H14N2/c1-7-8(6-11-2)4-3-5-9(7)10/h3-5,11H,6,10H2,1-2H3. The van der Waals surface area contributed by atoms with Crippen LogP contribution in [0.15, 0.2) is 18.2 Å². The molecule has 0 aliphatic rings. The van der Waals surface area contributed by atoms with Gasteiger partial charge in [0, 0.05) is 12.2 Å². The van der Waals surface area contributed by atoms with E-state index < -0.39 is 0 Å². The van der Waals surface area contributed by atoms with Crippen molar-refractivity contribution in [3.63, 3.8) is 0 Å².